The van der Waals surface area contributed by atoms with Crippen molar-refractivity contribution >= 4 is 11.6 Å². The van der Waals surface area contributed by atoms with Gasteiger partial charge in [-0.15, -0.1) is 11.6 Å². The van der Waals surface area contributed by atoms with Crippen LogP contribution in [0.1, 0.15) is 41.0 Å². The first kappa shape index (κ1) is 15.2. The van der Waals surface area contributed by atoms with E-state index >= 15 is 0 Å². The average Bonchev–Trinajstić information content (AvgIpc) is 1.99. The van der Waals surface area contributed by atoms with E-state index in [0.717, 1.165) is 26.1 Å². The van der Waals surface area contributed by atoms with Crippen LogP contribution < -0.4 is 5.32 Å². The van der Waals surface area contributed by atoms with Gasteiger partial charge >= 0.3 is 0 Å². The summed E-state index contributed by atoms with van der Waals surface area (Å²) in [6, 6.07) is 0. The summed E-state index contributed by atoms with van der Waals surface area (Å²) in [4.78, 5) is 0. The molecule has 0 aromatic carbocycles. The molecular weight excluding hydrogens is 210 g/mol. The van der Waals surface area contributed by atoms with E-state index in [4.69, 9.17) is 16.3 Å². The highest BCUT2D eigenvalue weighted by molar-refractivity contribution is 6.20. The smallest absolute Gasteiger partial charge is 0.0599 e. The molecule has 0 aromatic heterocycles. The maximum atomic E-state index is 6.14. The van der Waals surface area contributed by atoms with Crippen LogP contribution in [-0.4, -0.2) is 30.7 Å². The molecule has 15 heavy (non-hydrogen) atoms. The van der Waals surface area contributed by atoms with Crippen LogP contribution in [0.4, 0.5) is 0 Å². The number of alkyl halides is 1. The Kier molecular flexibility index (Phi) is 7.58. The van der Waals surface area contributed by atoms with Gasteiger partial charge in [-0.2, -0.15) is 0 Å². The van der Waals surface area contributed by atoms with Crippen molar-refractivity contribution in [3.05, 3.63) is 0 Å². The minimum absolute atomic E-state index is 0.0417. The summed E-state index contributed by atoms with van der Waals surface area (Å²) in [7, 11) is 0. The summed E-state index contributed by atoms with van der Waals surface area (Å²) in [5.74, 6) is 0.667. The van der Waals surface area contributed by atoms with E-state index in [9.17, 15) is 0 Å². The van der Waals surface area contributed by atoms with Crippen LogP contribution >= 0.6 is 11.6 Å². The summed E-state index contributed by atoms with van der Waals surface area (Å²) in [6.45, 7) is 13.1. The number of ether oxygens (including phenoxy) is 1. The number of nitrogens with one attached hydrogen (secondary N) is 1. The first-order valence-electron chi connectivity index (χ1n) is 5.80. The molecule has 3 heteroatoms. The molecule has 0 fully saturated rings. The van der Waals surface area contributed by atoms with Crippen LogP contribution in [0.3, 0.4) is 0 Å². The molecule has 0 aliphatic heterocycles. The lowest BCUT2D eigenvalue weighted by molar-refractivity contribution is -0.000741. The summed E-state index contributed by atoms with van der Waals surface area (Å²) in [6.07, 6.45) is 1.06. The lowest BCUT2D eigenvalue weighted by Crippen LogP contribution is -2.30. The van der Waals surface area contributed by atoms with Crippen LogP contribution in [-0.2, 0) is 4.74 Å². The van der Waals surface area contributed by atoms with Gasteiger partial charge in [-0.1, -0.05) is 13.8 Å². The van der Waals surface area contributed by atoms with Gasteiger partial charge in [0.25, 0.3) is 0 Å². The van der Waals surface area contributed by atoms with Crippen LogP contribution in [0.2, 0.25) is 0 Å². The zero-order valence-electron chi connectivity index (χ0n) is 10.8. The Morgan fingerprint density at radius 1 is 1.27 bits per heavy atom. The number of halogens is 1. The van der Waals surface area contributed by atoms with Gasteiger partial charge in [0.15, 0.2) is 0 Å². The zero-order chi connectivity index (χ0) is 11.9. The quantitative estimate of drug-likeness (QED) is 0.541. The Balaban J connectivity index is 3.31. The molecule has 0 bridgehead atoms. The van der Waals surface area contributed by atoms with Gasteiger partial charge in [0.2, 0.25) is 0 Å². The minimum Gasteiger partial charge on any atom is -0.375 e. The fraction of sp³-hybridized carbons (Fsp3) is 1.00. The Bertz CT molecular complexity index is 154. The third-order valence-corrected chi connectivity index (χ3v) is 2.24. The molecular formula is C12H26ClNO. The van der Waals surface area contributed by atoms with Crippen molar-refractivity contribution in [2.75, 3.05) is 19.7 Å². The second-order valence-corrected chi connectivity index (χ2v) is 6.01. The van der Waals surface area contributed by atoms with Gasteiger partial charge in [-0.3, -0.25) is 0 Å². The molecule has 0 saturated heterocycles. The van der Waals surface area contributed by atoms with Gasteiger partial charge in [0.05, 0.1) is 12.2 Å². The molecule has 1 N–H and O–H groups in total. The van der Waals surface area contributed by atoms with Crippen molar-refractivity contribution < 1.29 is 4.74 Å². The maximum absolute atomic E-state index is 6.14. The second kappa shape index (κ2) is 7.48. The molecule has 0 aliphatic carbocycles. The van der Waals surface area contributed by atoms with E-state index in [1.54, 1.807) is 0 Å². The van der Waals surface area contributed by atoms with Crippen molar-refractivity contribution in [1.82, 2.24) is 5.32 Å². The molecule has 2 nitrogen and oxygen atoms in total. The molecule has 0 saturated carbocycles. The molecule has 1 atom stereocenters. The summed E-state index contributed by atoms with van der Waals surface area (Å²) in [5.41, 5.74) is -0.0417. The van der Waals surface area contributed by atoms with Gasteiger partial charge in [0, 0.05) is 18.5 Å². The molecule has 0 radical (unpaired) electrons. The van der Waals surface area contributed by atoms with E-state index in [-0.39, 0.29) is 11.0 Å². The molecule has 0 rings (SSSR count). The van der Waals surface area contributed by atoms with E-state index < -0.39 is 0 Å². The fourth-order valence-corrected chi connectivity index (χ4v) is 1.75. The summed E-state index contributed by atoms with van der Waals surface area (Å²) in [5, 5.41) is 3.54. The van der Waals surface area contributed by atoms with Crippen molar-refractivity contribution in [3.8, 4) is 0 Å². The Labute approximate surface area is 99.7 Å². The molecule has 0 aromatic rings. The van der Waals surface area contributed by atoms with Crippen LogP contribution in [0.15, 0.2) is 0 Å². The predicted molar refractivity (Wildman–Crippen MR) is 67.7 cm³/mol. The third-order valence-electron chi connectivity index (χ3n) is 1.91. The molecule has 0 heterocycles. The first-order chi connectivity index (χ1) is 6.81. The largest absolute Gasteiger partial charge is 0.375 e. The van der Waals surface area contributed by atoms with Gasteiger partial charge in [-0.05, 0) is 33.1 Å². The molecule has 0 spiro atoms. The minimum atomic E-state index is -0.0417. The van der Waals surface area contributed by atoms with Crippen LogP contribution in [0.25, 0.3) is 0 Å². The number of rotatable bonds is 7. The zero-order valence-corrected chi connectivity index (χ0v) is 11.5. The lowest BCUT2D eigenvalue weighted by atomic mass is 10.1. The van der Waals surface area contributed by atoms with Gasteiger partial charge in [-0.25, -0.2) is 0 Å². The van der Waals surface area contributed by atoms with Crippen LogP contribution in [0, 0.1) is 5.92 Å². The van der Waals surface area contributed by atoms with Gasteiger partial charge in [0.1, 0.15) is 0 Å². The first-order valence-corrected chi connectivity index (χ1v) is 6.23. The Morgan fingerprint density at radius 2 is 1.87 bits per heavy atom. The standard InChI is InChI=1S/C12H26ClNO/c1-10(2)8-11(13)9-14-6-7-15-12(3,4)5/h10-11,14H,6-9H2,1-5H3. The highest BCUT2D eigenvalue weighted by Gasteiger charge is 2.09. The molecule has 1 unspecified atom stereocenters. The van der Waals surface area contributed by atoms with Crippen molar-refractivity contribution in [1.29, 1.82) is 0 Å². The monoisotopic (exact) mass is 235 g/mol. The van der Waals surface area contributed by atoms with E-state index in [1.807, 2.05) is 0 Å². The lowest BCUT2D eigenvalue weighted by Gasteiger charge is -2.20. The van der Waals surface area contributed by atoms with Crippen molar-refractivity contribution in [3.63, 3.8) is 0 Å². The molecule has 92 valence electrons. The van der Waals surface area contributed by atoms with Crippen molar-refractivity contribution in [2.24, 2.45) is 5.92 Å². The summed E-state index contributed by atoms with van der Waals surface area (Å²) < 4.78 is 5.59. The van der Waals surface area contributed by atoms with E-state index in [2.05, 4.69) is 39.9 Å². The normalized spacial score (nSPS) is 14.6. The van der Waals surface area contributed by atoms with E-state index in [1.165, 1.54) is 0 Å². The van der Waals surface area contributed by atoms with Crippen LogP contribution in [0.5, 0.6) is 0 Å². The topological polar surface area (TPSA) is 21.3 Å². The van der Waals surface area contributed by atoms with Crippen molar-refractivity contribution in [2.45, 2.75) is 52.0 Å². The maximum Gasteiger partial charge on any atom is 0.0599 e. The fourth-order valence-electron chi connectivity index (χ4n) is 1.28. The number of hydrogen-bond donors (Lipinski definition) is 1. The SMILES string of the molecule is CC(C)CC(Cl)CNCCOC(C)(C)C. The Morgan fingerprint density at radius 3 is 2.33 bits per heavy atom. The average molecular weight is 236 g/mol. The van der Waals surface area contributed by atoms with Gasteiger partial charge < -0.3 is 10.1 Å². The third kappa shape index (κ3) is 12.1. The second-order valence-electron chi connectivity index (χ2n) is 5.39. The predicted octanol–water partition coefficient (Wildman–Crippen LogP) is 3.04. The van der Waals surface area contributed by atoms with E-state index in [0.29, 0.717) is 5.92 Å². The number of hydrogen-bond acceptors (Lipinski definition) is 2. The summed E-state index contributed by atoms with van der Waals surface area (Å²) >= 11 is 6.14. The Hall–Kier alpha value is 0.210. The highest BCUT2D eigenvalue weighted by atomic mass is 35.5. The molecule has 0 aliphatic rings. The highest BCUT2D eigenvalue weighted by Crippen LogP contribution is 2.09. The molecule has 0 amide bonds.